The predicted molar refractivity (Wildman–Crippen MR) is 109 cm³/mol. The van der Waals surface area contributed by atoms with Crippen LogP contribution >= 0.6 is 23.2 Å². The molecule has 1 N–H and O–H groups in total. The number of para-hydroxylation sites is 1. The fourth-order valence-corrected chi connectivity index (χ4v) is 3.64. The quantitative estimate of drug-likeness (QED) is 0.543. The number of fused-ring (bicyclic) bond motifs is 1. The van der Waals surface area contributed by atoms with Gasteiger partial charge in [-0.25, -0.2) is 0 Å². The smallest absolute Gasteiger partial charge is 0.0493 e. The van der Waals surface area contributed by atoms with Crippen LogP contribution in [0.1, 0.15) is 37.1 Å². The lowest BCUT2D eigenvalue weighted by Crippen LogP contribution is -2.24. The molecule has 1 aromatic heterocycles. The number of hydrogen-bond acceptors (Lipinski definition) is 1. The summed E-state index contributed by atoms with van der Waals surface area (Å²) < 4.78 is 2.35. The molecule has 0 spiro atoms. The molecule has 4 heteroatoms. The fourth-order valence-electron chi connectivity index (χ4n) is 3.17. The van der Waals surface area contributed by atoms with Crippen LogP contribution in [0.2, 0.25) is 10.0 Å². The first kappa shape index (κ1) is 18.3. The second-order valence-corrected chi connectivity index (χ2v) is 7.44. The van der Waals surface area contributed by atoms with Crippen molar-refractivity contribution in [2.45, 2.75) is 46.3 Å². The highest BCUT2D eigenvalue weighted by atomic mass is 35.5. The van der Waals surface area contributed by atoms with E-state index in [2.05, 4.69) is 54.9 Å². The zero-order chi connectivity index (χ0) is 18.0. The van der Waals surface area contributed by atoms with Crippen molar-refractivity contribution in [1.29, 1.82) is 0 Å². The number of benzene rings is 2. The lowest BCUT2D eigenvalue weighted by atomic mass is 10.1. The highest BCUT2D eigenvalue weighted by Gasteiger charge is 2.15. The lowest BCUT2D eigenvalue weighted by molar-refractivity contribution is 0.533. The molecule has 1 atom stereocenters. The van der Waals surface area contributed by atoms with Gasteiger partial charge >= 0.3 is 0 Å². The Morgan fingerprint density at radius 2 is 1.88 bits per heavy atom. The third kappa shape index (κ3) is 3.87. The zero-order valence-corrected chi connectivity index (χ0v) is 16.5. The summed E-state index contributed by atoms with van der Waals surface area (Å²) in [5.74, 6) is 0. The van der Waals surface area contributed by atoms with Gasteiger partial charge in [0.25, 0.3) is 0 Å². The summed E-state index contributed by atoms with van der Waals surface area (Å²) in [5, 5.41) is 6.31. The molecule has 0 aliphatic carbocycles. The highest BCUT2D eigenvalue weighted by molar-refractivity contribution is 6.35. The Balaban J connectivity index is 2.01. The number of aromatic nitrogens is 1. The largest absolute Gasteiger partial charge is 0.340 e. The van der Waals surface area contributed by atoms with Gasteiger partial charge in [-0.15, -0.1) is 0 Å². The van der Waals surface area contributed by atoms with Crippen LogP contribution in [0.4, 0.5) is 0 Å². The molecule has 0 fully saturated rings. The molecule has 0 amide bonds. The summed E-state index contributed by atoms with van der Waals surface area (Å²) in [6.45, 7) is 8.24. The first-order valence-corrected chi connectivity index (χ1v) is 9.50. The number of nitrogens with zero attached hydrogens (tertiary/aromatic N) is 1. The molecular weight excluding hydrogens is 351 g/mol. The molecule has 3 aromatic rings. The Morgan fingerprint density at radius 3 is 2.60 bits per heavy atom. The summed E-state index contributed by atoms with van der Waals surface area (Å²) in [5.41, 5.74) is 4.97. The molecule has 0 saturated heterocycles. The Morgan fingerprint density at radius 1 is 1.12 bits per heavy atom. The third-order valence-corrected chi connectivity index (χ3v) is 5.53. The van der Waals surface area contributed by atoms with Crippen LogP contribution in [0.15, 0.2) is 42.5 Å². The van der Waals surface area contributed by atoms with E-state index in [-0.39, 0.29) is 0 Å². The fraction of sp³-hybridized carbons (Fsp3) is 0.333. The molecule has 2 nitrogen and oxygen atoms in total. The molecule has 0 bridgehead atoms. The molecule has 0 unspecified atom stereocenters. The van der Waals surface area contributed by atoms with Crippen molar-refractivity contribution < 1.29 is 0 Å². The van der Waals surface area contributed by atoms with Gasteiger partial charge in [-0.2, -0.15) is 0 Å². The van der Waals surface area contributed by atoms with Crippen LogP contribution in [0.3, 0.4) is 0 Å². The minimum Gasteiger partial charge on any atom is -0.340 e. The van der Waals surface area contributed by atoms with E-state index in [1.54, 1.807) is 0 Å². The highest BCUT2D eigenvalue weighted by Crippen LogP contribution is 2.29. The first-order valence-electron chi connectivity index (χ1n) is 8.75. The summed E-state index contributed by atoms with van der Waals surface area (Å²) in [6.07, 6.45) is 1.12. The molecule has 0 radical (unpaired) electrons. The van der Waals surface area contributed by atoms with Gasteiger partial charge in [0.15, 0.2) is 0 Å². The Hall–Kier alpha value is -1.48. The van der Waals surface area contributed by atoms with Crippen molar-refractivity contribution in [3.05, 3.63) is 69.3 Å². The van der Waals surface area contributed by atoms with E-state index < -0.39 is 0 Å². The molecule has 132 valence electrons. The maximum atomic E-state index is 6.40. The van der Waals surface area contributed by atoms with Crippen LogP contribution in [0, 0.1) is 6.92 Å². The van der Waals surface area contributed by atoms with Gasteiger partial charge < -0.3 is 9.88 Å². The van der Waals surface area contributed by atoms with Crippen LogP contribution < -0.4 is 5.32 Å². The molecule has 2 aromatic carbocycles. The molecular formula is C21H24Cl2N2. The average Bonchev–Trinajstić information content (AvgIpc) is 2.87. The molecule has 3 rings (SSSR count). The van der Waals surface area contributed by atoms with E-state index in [1.165, 1.54) is 22.2 Å². The Labute approximate surface area is 159 Å². The van der Waals surface area contributed by atoms with Crippen LogP contribution in [-0.4, -0.2) is 10.6 Å². The van der Waals surface area contributed by atoms with E-state index in [9.17, 15) is 0 Å². The molecule has 0 aliphatic heterocycles. The monoisotopic (exact) mass is 374 g/mol. The predicted octanol–water partition coefficient (Wildman–Crippen LogP) is 6.19. The first-order chi connectivity index (χ1) is 12.0. The van der Waals surface area contributed by atoms with Crippen molar-refractivity contribution in [2.75, 3.05) is 0 Å². The van der Waals surface area contributed by atoms with Crippen molar-refractivity contribution in [1.82, 2.24) is 9.88 Å². The van der Waals surface area contributed by atoms with Gasteiger partial charge in [0, 0.05) is 45.8 Å². The van der Waals surface area contributed by atoms with Gasteiger partial charge in [0.2, 0.25) is 0 Å². The minimum absolute atomic E-state index is 0.507. The summed E-state index contributed by atoms with van der Waals surface area (Å²) >= 11 is 12.4. The van der Waals surface area contributed by atoms with E-state index in [0.29, 0.717) is 16.1 Å². The zero-order valence-electron chi connectivity index (χ0n) is 14.9. The second kappa shape index (κ2) is 7.82. The van der Waals surface area contributed by atoms with E-state index in [0.717, 1.165) is 25.1 Å². The average molecular weight is 375 g/mol. The summed E-state index contributed by atoms with van der Waals surface area (Å²) in [7, 11) is 0. The van der Waals surface area contributed by atoms with Crippen molar-refractivity contribution >= 4 is 34.1 Å². The van der Waals surface area contributed by atoms with Crippen LogP contribution in [0.5, 0.6) is 0 Å². The SMILES string of the molecule is CC[C@H](C)NCc1c(C)n(Cc2ccc(Cl)cc2Cl)c2ccccc12. The van der Waals surface area contributed by atoms with E-state index in [1.807, 2.05) is 18.2 Å². The van der Waals surface area contributed by atoms with Gasteiger partial charge in [-0.05, 0) is 49.6 Å². The van der Waals surface area contributed by atoms with Gasteiger partial charge in [0.05, 0.1) is 0 Å². The maximum Gasteiger partial charge on any atom is 0.0493 e. The number of halogens is 2. The molecule has 0 aliphatic rings. The standard InChI is InChI=1S/C21H24Cl2N2/c1-4-14(2)24-12-19-15(3)25(21-8-6-5-7-18(19)21)13-16-9-10-17(22)11-20(16)23/h5-11,14,24H,4,12-13H2,1-3H3/t14-/m0/s1. The van der Waals surface area contributed by atoms with Gasteiger partial charge in [-0.3, -0.25) is 0 Å². The summed E-state index contributed by atoms with van der Waals surface area (Å²) in [6, 6.07) is 14.8. The van der Waals surface area contributed by atoms with E-state index in [4.69, 9.17) is 23.2 Å². The normalized spacial score (nSPS) is 12.7. The van der Waals surface area contributed by atoms with Crippen LogP contribution in [0.25, 0.3) is 10.9 Å². The van der Waals surface area contributed by atoms with Gasteiger partial charge in [0.1, 0.15) is 0 Å². The number of hydrogen-bond donors (Lipinski definition) is 1. The number of rotatable bonds is 6. The van der Waals surface area contributed by atoms with Crippen LogP contribution in [-0.2, 0) is 13.1 Å². The maximum absolute atomic E-state index is 6.40. The third-order valence-electron chi connectivity index (χ3n) is 4.94. The topological polar surface area (TPSA) is 17.0 Å². The number of nitrogens with one attached hydrogen (secondary N) is 1. The molecule has 25 heavy (non-hydrogen) atoms. The van der Waals surface area contributed by atoms with Crippen molar-refractivity contribution in [3.8, 4) is 0 Å². The Bertz CT molecular complexity index is 883. The summed E-state index contributed by atoms with van der Waals surface area (Å²) in [4.78, 5) is 0. The van der Waals surface area contributed by atoms with E-state index >= 15 is 0 Å². The van der Waals surface area contributed by atoms with Crippen molar-refractivity contribution in [3.63, 3.8) is 0 Å². The lowest BCUT2D eigenvalue weighted by Gasteiger charge is -2.13. The molecule has 1 heterocycles. The minimum atomic E-state index is 0.507. The molecule has 0 saturated carbocycles. The van der Waals surface area contributed by atoms with Crippen molar-refractivity contribution in [2.24, 2.45) is 0 Å². The van der Waals surface area contributed by atoms with Gasteiger partial charge in [-0.1, -0.05) is 54.4 Å². The second-order valence-electron chi connectivity index (χ2n) is 6.59. The Kier molecular flexibility index (Phi) is 5.73.